The lowest BCUT2D eigenvalue weighted by Crippen LogP contribution is -2.47. The maximum atomic E-state index is 12.3. The van der Waals surface area contributed by atoms with E-state index in [0.717, 1.165) is 25.7 Å². The van der Waals surface area contributed by atoms with Gasteiger partial charge in [0.05, 0.1) is 11.5 Å². The number of hydrogen-bond acceptors (Lipinski definition) is 3. The highest BCUT2D eigenvalue weighted by Crippen LogP contribution is 2.25. The molecule has 1 aliphatic heterocycles. The van der Waals surface area contributed by atoms with E-state index in [1.807, 2.05) is 6.92 Å². The molecule has 21 heavy (non-hydrogen) atoms. The molecule has 2 rings (SSSR count). The smallest absolute Gasteiger partial charge is 0.317 e. The molecule has 0 aromatic heterocycles. The molecule has 1 saturated carbocycles. The number of amides is 2. The number of nitrogens with one attached hydrogen (secondary N) is 1. The fourth-order valence-corrected chi connectivity index (χ4v) is 3.22. The Bertz CT molecular complexity index is 389. The molecule has 1 unspecified atom stereocenters. The van der Waals surface area contributed by atoms with Crippen LogP contribution >= 0.6 is 0 Å². The Morgan fingerprint density at radius 1 is 1.14 bits per heavy atom. The normalized spacial score (nSPS) is 34.1. The van der Waals surface area contributed by atoms with E-state index in [-0.39, 0.29) is 18.0 Å². The monoisotopic (exact) mass is 298 g/mol. The Morgan fingerprint density at radius 2 is 1.81 bits per heavy atom. The first-order chi connectivity index (χ1) is 9.87. The lowest BCUT2D eigenvalue weighted by molar-refractivity contribution is -0.142. The van der Waals surface area contributed by atoms with Gasteiger partial charge >= 0.3 is 12.0 Å². The lowest BCUT2D eigenvalue weighted by atomic mass is 9.86. The summed E-state index contributed by atoms with van der Waals surface area (Å²) in [6.45, 7) is 3.07. The number of aliphatic carboxylic acids is 1. The summed E-state index contributed by atoms with van der Waals surface area (Å²) in [5.74, 6) is -0.985. The third-order valence-corrected chi connectivity index (χ3v) is 4.75. The second-order valence-corrected chi connectivity index (χ2v) is 6.67. The summed E-state index contributed by atoms with van der Waals surface area (Å²) >= 11 is 0. The van der Waals surface area contributed by atoms with Crippen LogP contribution in [-0.2, 0) is 4.79 Å². The molecule has 2 amide bonds. The van der Waals surface area contributed by atoms with Crippen molar-refractivity contribution in [3.05, 3.63) is 0 Å². The number of rotatable bonds is 2. The zero-order chi connectivity index (χ0) is 15.5. The summed E-state index contributed by atoms with van der Waals surface area (Å²) in [4.78, 5) is 24.9. The molecule has 1 aliphatic carbocycles. The Balaban J connectivity index is 1.78. The maximum absolute atomic E-state index is 12.3. The molecule has 0 aromatic rings. The van der Waals surface area contributed by atoms with Crippen LogP contribution < -0.4 is 5.32 Å². The zero-order valence-electron chi connectivity index (χ0n) is 12.7. The Morgan fingerprint density at radius 3 is 2.43 bits per heavy atom. The standard InChI is InChI=1S/C15H26N2O4/c1-15(21)7-2-9-17(10-8-15)14(20)16-12-5-3-11(4-6-12)13(18)19/h11-12,21H,2-10H2,1H3,(H,16,20)(H,18,19). The number of urea groups is 1. The van der Waals surface area contributed by atoms with Gasteiger partial charge in [0.15, 0.2) is 0 Å². The Hall–Kier alpha value is -1.30. The molecule has 0 aromatic carbocycles. The number of carbonyl (C=O) groups is 2. The SMILES string of the molecule is CC1(O)CCCN(C(=O)NC2CCC(C(=O)O)CC2)CC1. The van der Waals surface area contributed by atoms with Crippen LogP contribution in [0.25, 0.3) is 0 Å². The van der Waals surface area contributed by atoms with Crippen LogP contribution in [0.2, 0.25) is 0 Å². The van der Waals surface area contributed by atoms with Gasteiger partial charge in [0.1, 0.15) is 0 Å². The molecule has 0 radical (unpaired) electrons. The van der Waals surface area contributed by atoms with Gasteiger partial charge in [-0.15, -0.1) is 0 Å². The van der Waals surface area contributed by atoms with E-state index in [2.05, 4.69) is 5.32 Å². The van der Waals surface area contributed by atoms with E-state index in [9.17, 15) is 14.7 Å². The van der Waals surface area contributed by atoms with Crippen LogP contribution in [0.3, 0.4) is 0 Å². The summed E-state index contributed by atoms with van der Waals surface area (Å²) in [5.41, 5.74) is -0.672. The molecular weight excluding hydrogens is 272 g/mol. The van der Waals surface area contributed by atoms with E-state index in [1.165, 1.54) is 0 Å². The molecule has 6 heteroatoms. The van der Waals surface area contributed by atoms with Crippen LogP contribution in [-0.4, -0.2) is 51.8 Å². The first kappa shape index (κ1) is 16.1. The van der Waals surface area contributed by atoms with Crippen molar-refractivity contribution in [2.24, 2.45) is 5.92 Å². The predicted octanol–water partition coefficient (Wildman–Crippen LogP) is 1.58. The zero-order valence-corrected chi connectivity index (χ0v) is 12.7. The molecule has 1 heterocycles. The van der Waals surface area contributed by atoms with Crippen LogP contribution in [0.5, 0.6) is 0 Å². The molecule has 3 N–H and O–H groups in total. The van der Waals surface area contributed by atoms with Crippen LogP contribution in [0, 0.1) is 5.92 Å². The van der Waals surface area contributed by atoms with Gasteiger partial charge in [0.2, 0.25) is 0 Å². The first-order valence-electron chi connectivity index (χ1n) is 7.88. The molecule has 0 bridgehead atoms. The van der Waals surface area contributed by atoms with Crippen molar-refractivity contribution < 1.29 is 19.8 Å². The van der Waals surface area contributed by atoms with Gasteiger partial charge in [0, 0.05) is 19.1 Å². The van der Waals surface area contributed by atoms with Crippen molar-refractivity contribution in [3.63, 3.8) is 0 Å². The highest BCUT2D eigenvalue weighted by molar-refractivity contribution is 5.74. The van der Waals surface area contributed by atoms with Crippen LogP contribution in [0.4, 0.5) is 4.79 Å². The van der Waals surface area contributed by atoms with Gasteiger partial charge < -0.3 is 20.4 Å². The van der Waals surface area contributed by atoms with Gasteiger partial charge in [0.25, 0.3) is 0 Å². The minimum absolute atomic E-state index is 0.0773. The van der Waals surface area contributed by atoms with Gasteiger partial charge in [-0.25, -0.2) is 4.79 Å². The summed E-state index contributed by atoms with van der Waals surface area (Å²) < 4.78 is 0. The van der Waals surface area contributed by atoms with E-state index in [1.54, 1.807) is 4.90 Å². The Kier molecular flexibility index (Phi) is 5.08. The Labute approximate surface area is 125 Å². The van der Waals surface area contributed by atoms with Crippen molar-refractivity contribution in [3.8, 4) is 0 Å². The molecule has 120 valence electrons. The molecule has 6 nitrogen and oxygen atoms in total. The number of carbonyl (C=O) groups excluding carboxylic acids is 1. The highest BCUT2D eigenvalue weighted by Gasteiger charge is 2.30. The summed E-state index contributed by atoms with van der Waals surface area (Å²) in [7, 11) is 0. The molecule has 0 spiro atoms. The van der Waals surface area contributed by atoms with E-state index >= 15 is 0 Å². The number of nitrogens with zero attached hydrogens (tertiary/aromatic N) is 1. The number of aliphatic hydroxyl groups is 1. The molecule has 1 atom stereocenters. The van der Waals surface area contributed by atoms with Crippen molar-refractivity contribution in [2.45, 2.75) is 63.5 Å². The number of carboxylic acids is 1. The van der Waals surface area contributed by atoms with Crippen molar-refractivity contribution in [1.29, 1.82) is 0 Å². The first-order valence-corrected chi connectivity index (χ1v) is 7.88. The summed E-state index contributed by atoms with van der Waals surface area (Å²) in [5, 5.41) is 22.0. The average molecular weight is 298 g/mol. The summed E-state index contributed by atoms with van der Waals surface area (Å²) in [6, 6.07) is 0.00309. The van der Waals surface area contributed by atoms with Crippen LogP contribution in [0.15, 0.2) is 0 Å². The van der Waals surface area contributed by atoms with Crippen molar-refractivity contribution >= 4 is 12.0 Å². The fourth-order valence-electron chi connectivity index (χ4n) is 3.22. The average Bonchev–Trinajstić information content (AvgIpc) is 2.60. The van der Waals surface area contributed by atoms with Gasteiger partial charge in [-0.2, -0.15) is 0 Å². The van der Waals surface area contributed by atoms with Crippen molar-refractivity contribution in [2.75, 3.05) is 13.1 Å². The fraction of sp³-hybridized carbons (Fsp3) is 0.867. The van der Waals surface area contributed by atoms with Crippen LogP contribution in [0.1, 0.15) is 51.9 Å². The van der Waals surface area contributed by atoms with E-state index in [0.29, 0.717) is 32.4 Å². The highest BCUT2D eigenvalue weighted by atomic mass is 16.4. The largest absolute Gasteiger partial charge is 0.481 e. The lowest BCUT2D eigenvalue weighted by Gasteiger charge is -2.30. The van der Waals surface area contributed by atoms with E-state index < -0.39 is 11.6 Å². The van der Waals surface area contributed by atoms with Gasteiger partial charge in [-0.1, -0.05) is 0 Å². The number of carboxylic acid groups (broad SMARTS) is 1. The van der Waals surface area contributed by atoms with Crippen molar-refractivity contribution in [1.82, 2.24) is 10.2 Å². The number of likely N-dealkylation sites (tertiary alicyclic amines) is 1. The number of hydrogen-bond donors (Lipinski definition) is 3. The van der Waals surface area contributed by atoms with E-state index in [4.69, 9.17) is 5.11 Å². The second kappa shape index (κ2) is 6.64. The predicted molar refractivity (Wildman–Crippen MR) is 78.0 cm³/mol. The third kappa shape index (κ3) is 4.59. The maximum Gasteiger partial charge on any atom is 0.317 e. The second-order valence-electron chi connectivity index (χ2n) is 6.67. The molecule has 1 saturated heterocycles. The molecule has 2 fully saturated rings. The summed E-state index contributed by atoms with van der Waals surface area (Å²) in [6.07, 6.45) is 4.87. The third-order valence-electron chi connectivity index (χ3n) is 4.75. The van der Waals surface area contributed by atoms with Gasteiger partial charge in [-0.3, -0.25) is 4.79 Å². The van der Waals surface area contributed by atoms with Gasteiger partial charge in [-0.05, 0) is 51.9 Å². The quantitative estimate of drug-likeness (QED) is 0.722. The topological polar surface area (TPSA) is 89.9 Å². The molecule has 2 aliphatic rings. The minimum atomic E-state index is -0.727. The molecular formula is C15H26N2O4. The minimum Gasteiger partial charge on any atom is -0.481 e.